The second-order valence-corrected chi connectivity index (χ2v) is 9.21. The van der Waals surface area contributed by atoms with Gasteiger partial charge in [0, 0.05) is 45.1 Å². The van der Waals surface area contributed by atoms with E-state index in [4.69, 9.17) is 0 Å². The highest BCUT2D eigenvalue weighted by molar-refractivity contribution is 7.86. The molecule has 3 rings (SSSR count). The summed E-state index contributed by atoms with van der Waals surface area (Å²) in [5.74, 6) is -0.927. The van der Waals surface area contributed by atoms with Crippen LogP contribution in [-0.4, -0.2) is 65.3 Å². The summed E-state index contributed by atoms with van der Waals surface area (Å²) in [4.78, 5) is 20.4. The van der Waals surface area contributed by atoms with Gasteiger partial charge in [-0.05, 0) is 31.2 Å². The Balaban J connectivity index is 1.88. The molecule has 0 saturated carbocycles. The molecule has 0 radical (unpaired) electrons. The monoisotopic (exact) mass is 404 g/mol. The Bertz CT molecular complexity index is 962. The highest BCUT2D eigenvalue weighted by Crippen LogP contribution is 2.28. The van der Waals surface area contributed by atoms with E-state index in [0.29, 0.717) is 36.5 Å². The maximum absolute atomic E-state index is 12.5. The van der Waals surface area contributed by atoms with E-state index in [0.717, 1.165) is 12.8 Å². The standard InChI is InChI=1S/C19H24N4O4S/c1-22(2)28(26,27)23-11-5-6-14(13-23)12-17-18(21-10-9-20-17)15-7-3-4-8-16(15)19(24)25/h3-4,7-10,14H,5-6,11-13H2,1-2H3,(H,24,25). The number of aromatic carboxylic acids is 1. The minimum atomic E-state index is -3.45. The Labute approximate surface area is 165 Å². The highest BCUT2D eigenvalue weighted by Gasteiger charge is 2.31. The van der Waals surface area contributed by atoms with E-state index < -0.39 is 16.2 Å². The van der Waals surface area contributed by atoms with Crippen LogP contribution in [0.1, 0.15) is 28.9 Å². The fourth-order valence-electron chi connectivity index (χ4n) is 3.52. The average Bonchev–Trinajstić information content (AvgIpc) is 2.68. The largest absolute Gasteiger partial charge is 0.478 e. The lowest BCUT2D eigenvalue weighted by Crippen LogP contribution is -2.45. The van der Waals surface area contributed by atoms with Crippen molar-refractivity contribution in [3.63, 3.8) is 0 Å². The average molecular weight is 404 g/mol. The van der Waals surface area contributed by atoms with Crippen molar-refractivity contribution in [1.29, 1.82) is 0 Å². The highest BCUT2D eigenvalue weighted by atomic mass is 32.2. The Morgan fingerprint density at radius 3 is 2.68 bits per heavy atom. The van der Waals surface area contributed by atoms with E-state index in [9.17, 15) is 18.3 Å². The lowest BCUT2D eigenvalue weighted by Gasteiger charge is -2.33. The minimum Gasteiger partial charge on any atom is -0.478 e. The van der Waals surface area contributed by atoms with Crippen molar-refractivity contribution in [3.05, 3.63) is 47.9 Å². The minimum absolute atomic E-state index is 0.0934. The summed E-state index contributed by atoms with van der Waals surface area (Å²) in [5, 5.41) is 9.49. The zero-order valence-electron chi connectivity index (χ0n) is 15.9. The molecule has 2 aromatic rings. The molecule has 8 nitrogen and oxygen atoms in total. The molecule has 0 amide bonds. The normalized spacial score (nSPS) is 18.3. The van der Waals surface area contributed by atoms with Gasteiger partial charge in [0.2, 0.25) is 0 Å². The molecule has 1 aromatic carbocycles. The first-order valence-corrected chi connectivity index (χ1v) is 10.5. The van der Waals surface area contributed by atoms with Gasteiger partial charge in [-0.25, -0.2) is 4.79 Å². The summed E-state index contributed by atoms with van der Waals surface area (Å²) in [7, 11) is -0.392. The van der Waals surface area contributed by atoms with Gasteiger partial charge in [0.05, 0.1) is 17.0 Å². The number of piperidine rings is 1. The van der Waals surface area contributed by atoms with Gasteiger partial charge in [0.15, 0.2) is 0 Å². The fraction of sp³-hybridized carbons (Fsp3) is 0.421. The predicted octanol–water partition coefficient (Wildman–Crippen LogP) is 1.90. The van der Waals surface area contributed by atoms with Gasteiger partial charge in [0.25, 0.3) is 10.2 Å². The summed E-state index contributed by atoms with van der Waals surface area (Å²) < 4.78 is 27.6. The first-order chi connectivity index (χ1) is 13.3. The fourth-order valence-corrected chi connectivity index (χ4v) is 4.75. The van der Waals surface area contributed by atoms with E-state index in [1.165, 1.54) is 22.7 Å². The van der Waals surface area contributed by atoms with Crippen LogP contribution in [-0.2, 0) is 16.6 Å². The van der Waals surface area contributed by atoms with E-state index in [-0.39, 0.29) is 11.5 Å². The third kappa shape index (κ3) is 4.21. The molecule has 0 bridgehead atoms. The van der Waals surface area contributed by atoms with Crippen LogP contribution in [0.25, 0.3) is 11.3 Å². The van der Waals surface area contributed by atoms with Gasteiger partial charge < -0.3 is 5.11 Å². The molecule has 150 valence electrons. The molecule has 0 spiro atoms. The van der Waals surface area contributed by atoms with Crippen molar-refractivity contribution >= 4 is 16.2 Å². The molecule has 1 fully saturated rings. The molecule has 1 saturated heterocycles. The number of hydrogen-bond acceptors (Lipinski definition) is 5. The number of carboxylic acid groups (broad SMARTS) is 1. The smallest absolute Gasteiger partial charge is 0.336 e. The lowest BCUT2D eigenvalue weighted by atomic mass is 9.92. The molecule has 2 heterocycles. The summed E-state index contributed by atoms with van der Waals surface area (Å²) in [6.45, 7) is 0.920. The van der Waals surface area contributed by atoms with Crippen molar-refractivity contribution < 1.29 is 18.3 Å². The van der Waals surface area contributed by atoms with Gasteiger partial charge in [0.1, 0.15) is 0 Å². The summed E-state index contributed by atoms with van der Waals surface area (Å²) in [6, 6.07) is 6.71. The third-order valence-corrected chi connectivity index (χ3v) is 6.85. The zero-order valence-corrected chi connectivity index (χ0v) is 16.8. The number of benzene rings is 1. The van der Waals surface area contributed by atoms with E-state index in [2.05, 4.69) is 9.97 Å². The molecule has 1 atom stereocenters. The molecule has 0 aliphatic carbocycles. The Morgan fingerprint density at radius 2 is 1.96 bits per heavy atom. The number of carboxylic acids is 1. The molecule has 1 N–H and O–H groups in total. The van der Waals surface area contributed by atoms with E-state index >= 15 is 0 Å². The van der Waals surface area contributed by atoms with Gasteiger partial charge in [-0.15, -0.1) is 0 Å². The molecule has 1 aliphatic heterocycles. The van der Waals surface area contributed by atoms with Crippen molar-refractivity contribution in [1.82, 2.24) is 18.6 Å². The second kappa shape index (κ2) is 8.34. The van der Waals surface area contributed by atoms with Crippen LogP contribution in [0, 0.1) is 5.92 Å². The zero-order chi connectivity index (χ0) is 20.3. The topological polar surface area (TPSA) is 104 Å². The van der Waals surface area contributed by atoms with Gasteiger partial charge in [-0.3, -0.25) is 9.97 Å². The van der Waals surface area contributed by atoms with Crippen LogP contribution in [0.3, 0.4) is 0 Å². The maximum atomic E-state index is 12.5. The van der Waals surface area contributed by atoms with Crippen molar-refractivity contribution in [2.24, 2.45) is 5.92 Å². The Morgan fingerprint density at radius 1 is 1.25 bits per heavy atom. The van der Waals surface area contributed by atoms with Crippen LogP contribution in [0.15, 0.2) is 36.7 Å². The quantitative estimate of drug-likeness (QED) is 0.789. The van der Waals surface area contributed by atoms with Gasteiger partial charge >= 0.3 is 5.97 Å². The molecular formula is C19H24N4O4S. The molecule has 1 aromatic heterocycles. The first kappa shape index (κ1) is 20.4. The maximum Gasteiger partial charge on any atom is 0.336 e. The number of carbonyl (C=O) groups is 1. The van der Waals surface area contributed by atoms with Crippen LogP contribution >= 0.6 is 0 Å². The molecule has 28 heavy (non-hydrogen) atoms. The van der Waals surface area contributed by atoms with E-state index in [1.807, 2.05) is 0 Å². The van der Waals surface area contributed by atoms with Gasteiger partial charge in [-0.1, -0.05) is 18.2 Å². The third-order valence-electron chi connectivity index (χ3n) is 4.94. The number of hydrogen-bond donors (Lipinski definition) is 1. The number of rotatable bonds is 6. The van der Waals surface area contributed by atoms with Crippen molar-refractivity contribution in [2.45, 2.75) is 19.3 Å². The van der Waals surface area contributed by atoms with Crippen LogP contribution in [0.5, 0.6) is 0 Å². The SMILES string of the molecule is CN(C)S(=O)(=O)N1CCCC(Cc2nccnc2-c2ccccc2C(=O)O)C1. The lowest BCUT2D eigenvalue weighted by molar-refractivity contribution is 0.0697. The molecule has 1 aliphatic rings. The summed E-state index contributed by atoms with van der Waals surface area (Å²) in [5.41, 5.74) is 1.91. The predicted molar refractivity (Wildman–Crippen MR) is 105 cm³/mol. The van der Waals surface area contributed by atoms with Gasteiger partial charge in [-0.2, -0.15) is 17.0 Å². The first-order valence-electron chi connectivity index (χ1n) is 9.11. The second-order valence-electron chi connectivity index (χ2n) is 7.06. The molecular weight excluding hydrogens is 380 g/mol. The Kier molecular flexibility index (Phi) is 6.07. The van der Waals surface area contributed by atoms with Crippen LogP contribution in [0.2, 0.25) is 0 Å². The molecule has 9 heteroatoms. The van der Waals surface area contributed by atoms with Crippen LogP contribution in [0.4, 0.5) is 0 Å². The van der Waals surface area contributed by atoms with Crippen molar-refractivity contribution in [2.75, 3.05) is 27.2 Å². The number of aromatic nitrogens is 2. The van der Waals surface area contributed by atoms with Crippen molar-refractivity contribution in [3.8, 4) is 11.3 Å². The number of nitrogens with zero attached hydrogens (tertiary/aromatic N) is 4. The summed E-state index contributed by atoms with van der Waals surface area (Å²) >= 11 is 0. The van der Waals surface area contributed by atoms with E-state index in [1.54, 1.807) is 36.7 Å². The van der Waals surface area contributed by atoms with Crippen LogP contribution < -0.4 is 0 Å². The Hall–Kier alpha value is -2.36. The summed E-state index contributed by atoms with van der Waals surface area (Å²) in [6.07, 6.45) is 5.33. The molecule has 1 unspecified atom stereocenters.